The van der Waals surface area contributed by atoms with Crippen molar-refractivity contribution >= 4 is 11.8 Å². The van der Waals surface area contributed by atoms with Crippen molar-refractivity contribution in [3.63, 3.8) is 0 Å². The van der Waals surface area contributed by atoms with E-state index in [0.717, 1.165) is 11.8 Å². The quantitative estimate of drug-likeness (QED) is 0.753. The normalized spacial score (nSPS) is 15.5. The van der Waals surface area contributed by atoms with Crippen molar-refractivity contribution in [1.82, 2.24) is 9.97 Å². The van der Waals surface area contributed by atoms with Gasteiger partial charge in [-0.2, -0.15) is 4.98 Å². The summed E-state index contributed by atoms with van der Waals surface area (Å²) < 4.78 is 0. The second-order valence-corrected chi connectivity index (χ2v) is 3.55. The molecule has 1 aliphatic rings. The van der Waals surface area contributed by atoms with Crippen LogP contribution in [0.25, 0.3) is 0 Å². The Morgan fingerprint density at radius 1 is 1.46 bits per heavy atom. The van der Waals surface area contributed by atoms with Gasteiger partial charge in [0.25, 0.3) is 0 Å². The van der Waals surface area contributed by atoms with E-state index >= 15 is 0 Å². The van der Waals surface area contributed by atoms with Gasteiger partial charge in [-0.05, 0) is 18.9 Å². The molecule has 70 valence electrons. The zero-order chi connectivity index (χ0) is 9.26. The maximum atomic E-state index is 4.36. The molecule has 0 radical (unpaired) electrons. The summed E-state index contributed by atoms with van der Waals surface area (Å²) in [5.74, 6) is 1.69. The first-order chi connectivity index (χ1) is 6.25. The minimum absolute atomic E-state index is 0.609. The molecule has 0 atom stereocenters. The third kappa shape index (κ3) is 2.08. The molecule has 0 aromatic carbocycles. The van der Waals surface area contributed by atoms with Gasteiger partial charge in [-0.15, -0.1) is 0 Å². The molecule has 1 aromatic rings. The van der Waals surface area contributed by atoms with Crippen molar-refractivity contribution < 1.29 is 0 Å². The number of nitrogens with zero attached hydrogens (tertiary/aromatic N) is 3. The number of anilines is 2. The largest absolute Gasteiger partial charge is 0.363 e. The molecule has 0 unspecified atom stereocenters. The average Bonchev–Trinajstić information content (AvgIpc) is 2.89. The summed E-state index contributed by atoms with van der Waals surface area (Å²) in [6, 6.07) is 2.51. The van der Waals surface area contributed by atoms with Gasteiger partial charge in [0.2, 0.25) is 5.95 Å². The van der Waals surface area contributed by atoms with Crippen LogP contribution in [0, 0.1) is 0 Å². The van der Waals surface area contributed by atoms with Crippen LogP contribution < -0.4 is 10.2 Å². The first kappa shape index (κ1) is 8.29. The molecule has 0 bridgehead atoms. The van der Waals surface area contributed by atoms with E-state index in [4.69, 9.17) is 0 Å². The molecule has 0 saturated heterocycles. The Kier molecular flexibility index (Phi) is 2.04. The highest BCUT2D eigenvalue weighted by Crippen LogP contribution is 2.23. The van der Waals surface area contributed by atoms with E-state index in [-0.39, 0.29) is 0 Å². The van der Waals surface area contributed by atoms with Crippen LogP contribution in [-0.2, 0) is 0 Å². The van der Waals surface area contributed by atoms with Crippen LogP contribution in [0.1, 0.15) is 12.8 Å². The molecule has 1 heterocycles. The number of aromatic nitrogens is 2. The smallest absolute Gasteiger partial charge is 0.224 e. The SMILES string of the molecule is CN(C)c1ccnc(NC2CC2)n1. The lowest BCUT2D eigenvalue weighted by Crippen LogP contribution is -2.13. The summed E-state index contributed by atoms with van der Waals surface area (Å²) in [6.45, 7) is 0. The fourth-order valence-corrected chi connectivity index (χ4v) is 1.08. The van der Waals surface area contributed by atoms with E-state index in [0.29, 0.717) is 6.04 Å². The maximum absolute atomic E-state index is 4.36. The van der Waals surface area contributed by atoms with Gasteiger partial charge in [0.05, 0.1) is 0 Å². The van der Waals surface area contributed by atoms with Crippen LogP contribution in [0.3, 0.4) is 0 Å². The van der Waals surface area contributed by atoms with Crippen LogP contribution in [0.15, 0.2) is 12.3 Å². The Hall–Kier alpha value is -1.32. The Balaban J connectivity index is 2.11. The molecule has 0 aliphatic heterocycles. The topological polar surface area (TPSA) is 41.1 Å². The number of hydrogen-bond acceptors (Lipinski definition) is 4. The average molecular weight is 178 g/mol. The minimum atomic E-state index is 0.609. The Morgan fingerprint density at radius 3 is 2.85 bits per heavy atom. The van der Waals surface area contributed by atoms with Gasteiger partial charge in [-0.3, -0.25) is 0 Å². The standard InChI is InChI=1S/C9H14N4/c1-13(2)8-5-6-10-9(12-8)11-7-3-4-7/h5-7H,3-4H2,1-2H3,(H,10,11,12). The fourth-order valence-electron chi connectivity index (χ4n) is 1.08. The zero-order valence-corrected chi connectivity index (χ0v) is 7.99. The van der Waals surface area contributed by atoms with Gasteiger partial charge in [0.15, 0.2) is 0 Å². The minimum Gasteiger partial charge on any atom is -0.363 e. The lowest BCUT2D eigenvalue weighted by Gasteiger charge is -2.11. The van der Waals surface area contributed by atoms with Crippen LogP contribution in [0.2, 0.25) is 0 Å². The summed E-state index contributed by atoms with van der Waals surface area (Å²) in [5.41, 5.74) is 0. The zero-order valence-electron chi connectivity index (χ0n) is 7.99. The number of hydrogen-bond donors (Lipinski definition) is 1. The van der Waals surface area contributed by atoms with E-state index in [9.17, 15) is 0 Å². The first-order valence-corrected chi connectivity index (χ1v) is 4.52. The second kappa shape index (κ2) is 3.20. The van der Waals surface area contributed by atoms with Crippen molar-refractivity contribution in [1.29, 1.82) is 0 Å². The van der Waals surface area contributed by atoms with Crippen molar-refractivity contribution in [2.45, 2.75) is 18.9 Å². The monoisotopic (exact) mass is 178 g/mol. The lowest BCUT2D eigenvalue weighted by molar-refractivity contribution is 1.01. The van der Waals surface area contributed by atoms with Gasteiger partial charge in [-0.25, -0.2) is 4.98 Å². The van der Waals surface area contributed by atoms with Crippen LogP contribution in [0.5, 0.6) is 0 Å². The highest BCUT2D eigenvalue weighted by atomic mass is 15.2. The molecular formula is C9H14N4. The van der Waals surface area contributed by atoms with Crippen molar-refractivity contribution in [2.75, 3.05) is 24.3 Å². The van der Waals surface area contributed by atoms with Crippen molar-refractivity contribution in [3.8, 4) is 0 Å². The highest BCUT2D eigenvalue weighted by molar-refractivity contribution is 5.41. The highest BCUT2D eigenvalue weighted by Gasteiger charge is 2.21. The molecule has 1 aliphatic carbocycles. The predicted molar refractivity (Wildman–Crippen MR) is 53.0 cm³/mol. The predicted octanol–water partition coefficient (Wildman–Crippen LogP) is 1.12. The summed E-state index contributed by atoms with van der Waals surface area (Å²) in [6.07, 6.45) is 4.28. The molecule has 0 amide bonds. The molecule has 1 N–H and O–H groups in total. The van der Waals surface area contributed by atoms with Crippen molar-refractivity contribution in [3.05, 3.63) is 12.3 Å². The van der Waals surface area contributed by atoms with Gasteiger partial charge in [-0.1, -0.05) is 0 Å². The molecule has 4 nitrogen and oxygen atoms in total. The Labute approximate surface area is 78.0 Å². The number of nitrogens with one attached hydrogen (secondary N) is 1. The lowest BCUT2D eigenvalue weighted by atomic mass is 10.5. The molecule has 1 fully saturated rings. The van der Waals surface area contributed by atoms with Crippen LogP contribution >= 0.6 is 0 Å². The molecule has 4 heteroatoms. The van der Waals surface area contributed by atoms with Gasteiger partial charge >= 0.3 is 0 Å². The molecule has 13 heavy (non-hydrogen) atoms. The van der Waals surface area contributed by atoms with E-state index in [1.807, 2.05) is 25.1 Å². The molecule has 0 spiro atoms. The summed E-state index contributed by atoms with van der Waals surface area (Å²) in [4.78, 5) is 10.5. The van der Waals surface area contributed by atoms with E-state index < -0.39 is 0 Å². The van der Waals surface area contributed by atoms with Gasteiger partial charge in [0.1, 0.15) is 5.82 Å². The van der Waals surface area contributed by atoms with E-state index in [1.165, 1.54) is 12.8 Å². The third-order valence-electron chi connectivity index (χ3n) is 2.01. The van der Waals surface area contributed by atoms with Gasteiger partial charge < -0.3 is 10.2 Å². The summed E-state index contributed by atoms with van der Waals surface area (Å²) in [5, 5.41) is 3.26. The second-order valence-electron chi connectivity index (χ2n) is 3.55. The first-order valence-electron chi connectivity index (χ1n) is 4.52. The fraction of sp³-hybridized carbons (Fsp3) is 0.556. The van der Waals surface area contributed by atoms with E-state index in [1.54, 1.807) is 6.20 Å². The third-order valence-corrected chi connectivity index (χ3v) is 2.01. The Morgan fingerprint density at radius 2 is 2.23 bits per heavy atom. The number of rotatable bonds is 3. The van der Waals surface area contributed by atoms with Crippen LogP contribution in [-0.4, -0.2) is 30.1 Å². The molecule has 1 saturated carbocycles. The summed E-state index contributed by atoms with van der Waals surface area (Å²) in [7, 11) is 3.95. The van der Waals surface area contributed by atoms with Crippen molar-refractivity contribution in [2.24, 2.45) is 0 Å². The summed E-state index contributed by atoms with van der Waals surface area (Å²) >= 11 is 0. The van der Waals surface area contributed by atoms with E-state index in [2.05, 4.69) is 15.3 Å². The Bertz CT molecular complexity index is 293. The molecule has 1 aromatic heterocycles. The molecular weight excluding hydrogens is 164 g/mol. The van der Waals surface area contributed by atoms with Gasteiger partial charge in [0, 0.05) is 26.3 Å². The maximum Gasteiger partial charge on any atom is 0.224 e. The molecule has 2 rings (SSSR count). The van der Waals surface area contributed by atoms with Crippen LogP contribution in [0.4, 0.5) is 11.8 Å².